The zero-order chi connectivity index (χ0) is 17.4. The second kappa shape index (κ2) is 6.11. The molecule has 6 heteroatoms. The minimum Gasteiger partial charge on any atom is -0.488 e. The van der Waals surface area contributed by atoms with Gasteiger partial charge in [-0.1, -0.05) is 11.6 Å². The Morgan fingerprint density at radius 2 is 1.84 bits per heavy atom. The van der Waals surface area contributed by atoms with E-state index in [2.05, 4.69) is 4.98 Å². The van der Waals surface area contributed by atoms with Gasteiger partial charge in [0, 0.05) is 34.6 Å². The minimum absolute atomic E-state index is 0.410. The molecule has 0 saturated carbocycles. The molecule has 1 amide bonds. The number of halogens is 1. The van der Waals surface area contributed by atoms with E-state index in [0.29, 0.717) is 28.8 Å². The third-order valence-electron chi connectivity index (χ3n) is 4.08. The van der Waals surface area contributed by atoms with Crippen molar-refractivity contribution in [3.05, 3.63) is 71.5 Å². The van der Waals surface area contributed by atoms with Gasteiger partial charge in [-0.25, -0.2) is 9.69 Å². The quantitative estimate of drug-likeness (QED) is 0.696. The van der Waals surface area contributed by atoms with Crippen molar-refractivity contribution in [1.29, 1.82) is 0 Å². The topological polar surface area (TPSA) is 62.7 Å². The molecule has 2 heterocycles. The van der Waals surface area contributed by atoms with Crippen LogP contribution in [-0.4, -0.2) is 16.2 Å². The van der Waals surface area contributed by atoms with Crippen molar-refractivity contribution in [1.82, 2.24) is 4.98 Å². The maximum Gasteiger partial charge on any atom is 0.416 e. The normalized spacial score (nSPS) is 11.9. The number of benzene rings is 2. The van der Waals surface area contributed by atoms with Crippen molar-refractivity contribution in [2.24, 2.45) is 0 Å². The molecule has 4 rings (SSSR count). The van der Waals surface area contributed by atoms with Gasteiger partial charge < -0.3 is 9.84 Å². The number of pyridine rings is 1. The Labute approximate surface area is 149 Å². The van der Waals surface area contributed by atoms with E-state index in [1.165, 1.54) is 4.90 Å². The number of nitrogens with zero attached hydrogens (tertiary/aromatic N) is 2. The number of fused-ring (bicyclic) bond motifs is 3. The first-order valence-electron chi connectivity index (χ1n) is 7.62. The summed E-state index contributed by atoms with van der Waals surface area (Å²) < 4.78 is 5.79. The van der Waals surface area contributed by atoms with Crippen LogP contribution < -0.4 is 9.64 Å². The number of carboxylic acid groups (broad SMARTS) is 1. The molecule has 124 valence electrons. The summed E-state index contributed by atoms with van der Waals surface area (Å²) in [6.45, 7) is 0.410. The van der Waals surface area contributed by atoms with Crippen molar-refractivity contribution < 1.29 is 14.6 Å². The molecule has 25 heavy (non-hydrogen) atoms. The Morgan fingerprint density at radius 3 is 2.60 bits per heavy atom. The maximum absolute atomic E-state index is 11.8. The Morgan fingerprint density at radius 1 is 1.08 bits per heavy atom. The summed E-state index contributed by atoms with van der Waals surface area (Å²) in [4.78, 5) is 17.1. The molecule has 0 fully saturated rings. The van der Waals surface area contributed by atoms with Gasteiger partial charge in [-0.05, 0) is 48.0 Å². The van der Waals surface area contributed by atoms with Crippen LogP contribution in [0, 0.1) is 0 Å². The Balaban J connectivity index is 1.78. The van der Waals surface area contributed by atoms with E-state index in [-0.39, 0.29) is 0 Å². The largest absolute Gasteiger partial charge is 0.488 e. The van der Waals surface area contributed by atoms with Gasteiger partial charge in [-0.15, -0.1) is 0 Å². The average Bonchev–Trinajstić information content (AvgIpc) is 2.63. The number of aromatic nitrogens is 1. The number of hydrogen-bond donors (Lipinski definition) is 1. The summed E-state index contributed by atoms with van der Waals surface area (Å²) >= 11 is 5.89. The molecule has 1 N–H and O–H groups in total. The highest BCUT2D eigenvalue weighted by atomic mass is 35.5. The van der Waals surface area contributed by atoms with E-state index >= 15 is 0 Å². The molecule has 2 aromatic carbocycles. The van der Waals surface area contributed by atoms with Crippen LogP contribution in [0.3, 0.4) is 0 Å². The van der Waals surface area contributed by atoms with Gasteiger partial charge >= 0.3 is 6.09 Å². The fourth-order valence-electron chi connectivity index (χ4n) is 2.91. The lowest BCUT2D eigenvalue weighted by Gasteiger charge is -2.24. The molecule has 1 aliphatic heterocycles. The summed E-state index contributed by atoms with van der Waals surface area (Å²) in [6.07, 6.45) is 2.44. The monoisotopic (exact) mass is 352 g/mol. The Kier molecular flexibility index (Phi) is 3.78. The van der Waals surface area contributed by atoms with Gasteiger partial charge in [0.1, 0.15) is 12.4 Å². The van der Waals surface area contributed by atoms with Crippen LogP contribution in [0.1, 0.15) is 5.56 Å². The smallest absolute Gasteiger partial charge is 0.416 e. The second-order valence-electron chi connectivity index (χ2n) is 5.60. The highest BCUT2D eigenvalue weighted by Crippen LogP contribution is 2.40. The predicted octanol–water partition coefficient (Wildman–Crippen LogP) is 5.11. The fraction of sp³-hybridized carbons (Fsp3) is 0.0526. The van der Waals surface area contributed by atoms with Crippen LogP contribution >= 0.6 is 11.6 Å². The lowest BCUT2D eigenvalue weighted by molar-refractivity contribution is 0.205. The maximum atomic E-state index is 11.8. The lowest BCUT2D eigenvalue weighted by atomic mass is 9.98. The van der Waals surface area contributed by atoms with Crippen LogP contribution in [-0.2, 0) is 6.61 Å². The lowest BCUT2D eigenvalue weighted by Crippen LogP contribution is -2.23. The van der Waals surface area contributed by atoms with Gasteiger partial charge in [0.05, 0.1) is 11.4 Å². The highest BCUT2D eigenvalue weighted by molar-refractivity contribution is 6.30. The first-order valence-corrected chi connectivity index (χ1v) is 8.00. The summed E-state index contributed by atoms with van der Waals surface area (Å²) in [7, 11) is 0. The van der Waals surface area contributed by atoms with E-state index in [1.807, 2.05) is 12.1 Å². The molecule has 0 saturated heterocycles. The zero-order valence-electron chi connectivity index (χ0n) is 13.0. The van der Waals surface area contributed by atoms with E-state index in [4.69, 9.17) is 16.3 Å². The fourth-order valence-corrected chi connectivity index (χ4v) is 3.04. The molecular weight excluding hydrogens is 340 g/mol. The van der Waals surface area contributed by atoms with Crippen LogP contribution in [0.4, 0.5) is 16.2 Å². The molecule has 0 radical (unpaired) electrons. The van der Waals surface area contributed by atoms with E-state index in [9.17, 15) is 9.90 Å². The number of carbonyl (C=O) groups is 1. The van der Waals surface area contributed by atoms with Gasteiger partial charge in [0.15, 0.2) is 0 Å². The van der Waals surface area contributed by atoms with E-state index < -0.39 is 6.09 Å². The van der Waals surface area contributed by atoms with Gasteiger partial charge in [0.25, 0.3) is 0 Å². The highest BCUT2D eigenvalue weighted by Gasteiger charge is 2.22. The molecule has 0 unspecified atom stereocenters. The van der Waals surface area contributed by atoms with Crippen LogP contribution in [0.25, 0.3) is 11.1 Å². The average molecular weight is 353 g/mol. The molecule has 0 aliphatic carbocycles. The molecule has 0 spiro atoms. The predicted molar refractivity (Wildman–Crippen MR) is 95.6 cm³/mol. The van der Waals surface area contributed by atoms with Crippen LogP contribution in [0.15, 0.2) is 60.9 Å². The van der Waals surface area contributed by atoms with E-state index in [0.717, 1.165) is 16.7 Å². The molecule has 5 nitrogen and oxygen atoms in total. The molecule has 3 aromatic rings. The van der Waals surface area contributed by atoms with Crippen LogP contribution in [0.2, 0.25) is 5.02 Å². The van der Waals surface area contributed by atoms with Gasteiger partial charge in [-0.2, -0.15) is 0 Å². The van der Waals surface area contributed by atoms with Crippen molar-refractivity contribution in [3.63, 3.8) is 0 Å². The van der Waals surface area contributed by atoms with E-state index in [1.54, 1.807) is 48.8 Å². The number of hydrogen-bond acceptors (Lipinski definition) is 3. The number of rotatable bonds is 2. The minimum atomic E-state index is -1.08. The summed E-state index contributed by atoms with van der Waals surface area (Å²) in [5.41, 5.74) is 4.00. The summed E-state index contributed by atoms with van der Waals surface area (Å²) in [5.74, 6) is 0.649. The van der Waals surface area contributed by atoms with Crippen molar-refractivity contribution in [2.75, 3.05) is 4.90 Å². The third-order valence-corrected chi connectivity index (χ3v) is 4.33. The zero-order valence-corrected chi connectivity index (χ0v) is 13.8. The molecule has 1 aromatic heterocycles. The number of amides is 1. The van der Waals surface area contributed by atoms with Crippen LogP contribution in [0.5, 0.6) is 5.75 Å². The summed E-state index contributed by atoms with van der Waals surface area (Å²) in [6, 6.07) is 14.0. The van der Waals surface area contributed by atoms with Crippen molar-refractivity contribution >= 4 is 29.1 Å². The van der Waals surface area contributed by atoms with Crippen molar-refractivity contribution in [3.8, 4) is 16.9 Å². The SMILES string of the molecule is O=C(O)N(c1ccc(Cl)cc1)c1ccc2c(c1)OCc1cnccc1-2. The molecule has 1 aliphatic rings. The second-order valence-corrected chi connectivity index (χ2v) is 6.03. The summed E-state index contributed by atoms with van der Waals surface area (Å²) in [5, 5.41) is 10.2. The first kappa shape index (κ1) is 15.5. The Bertz CT molecular complexity index is 957. The Hall–Kier alpha value is -3.05. The molecule has 0 bridgehead atoms. The first-order chi connectivity index (χ1) is 12.1. The third kappa shape index (κ3) is 2.79. The number of ether oxygens (including phenoxy) is 1. The number of anilines is 2. The molecular formula is C19H13ClN2O3. The van der Waals surface area contributed by atoms with Crippen molar-refractivity contribution in [2.45, 2.75) is 6.61 Å². The van der Waals surface area contributed by atoms with Gasteiger partial charge in [0.2, 0.25) is 0 Å². The standard InChI is InChI=1S/C19H13ClN2O3/c20-13-1-3-14(4-2-13)22(19(23)24)15-5-6-17-16-7-8-21-10-12(16)11-25-18(17)9-15/h1-10H,11H2,(H,23,24). The van der Waals surface area contributed by atoms with Gasteiger partial charge in [-0.3, -0.25) is 4.98 Å². The molecule has 0 atom stereocenters.